The van der Waals surface area contributed by atoms with E-state index in [1.54, 1.807) is 0 Å². The molecule has 0 fully saturated rings. The number of aliphatic hydroxyl groups excluding tert-OH is 2. The summed E-state index contributed by atoms with van der Waals surface area (Å²) in [5, 5.41) is 23.4. The van der Waals surface area contributed by atoms with Crippen LogP contribution in [0, 0.1) is 0 Å². The molecule has 0 saturated carbocycles. The van der Waals surface area contributed by atoms with Crippen molar-refractivity contribution in [1.29, 1.82) is 0 Å². The Morgan fingerprint density at radius 1 is 0.373 bits per heavy atom. The molecule has 442 valence electrons. The van der Waals surface area contributed by atoms with Crippen LogP contribution in [0.25, 0.3) is 0 Å². The lowest BCUT2D eigenvalue weighted by Gasteiger charge is -2.22. The highest BCUT2D eigenvalue weighted by Gasteiger charge is 2.20. The highest BCUT2D eigenvalue weighted by atomic mass is 16.5. The summed E-state index contributed by atoms with van der Waals surface area (Å²) in [4.78, 5) is 24.6. The predicted molar refractivity (Wildman–Crippen MR) is 329 cm³/mol. The molecular formula is C69H131NO5. The molecule has 0 radical (unpaired) electrons. The zero-order valence-electron chi connectivity index (χ0n) is 50.5. The van der Waals surface area contributed by atoms with Crippen molar-refractivity contribution < 1.29 is 24.5 Å². The first kappa shape index (κ1) is 73.1. The maximum Gasteiger partial charge on any atom is 0.305 e. The molecule has 3 N–H and O–H groups in total. The molecule has 6 nitrogen and oxygen atoms in total. The van der Waals surface area contributed by atoms with Gasteiger partial charge in [0.2, 0.25) is 5.91 Å². The molecule has 0 aromatic carbocycles. The van der Waals surface area contributed by atoms with E-state index < -0.39 is 12.1 Å². The van der Waals surface area contributed by atoms with Crippen molar-refractivity contribution in [3.05, 3.63) is 36.5 Å². The number of amides is 1. The van der Waals surface area contributed by atoms with Gasteiger partial charge in [0.25, 0.3) is 0 Å². The average molecular weight is 1050 g/mol. The minimum absolute atomic E-state index is 0.0360. The van der Waals surface area contributed by atoms with Gasteiger partial charge in [0, 0.05) is 12.8 Å². The fourth-order valence-electron chi connectivity index (χ4n) is 10.5. The van der Waals surface area contributed by atoms with Crippen LogP contribution in [0.15, 0.2) is 36.5 Å². The van der Waals surface area contributed by atoms with Crippen molar-refractivity contribution in [1.82, 2.24) is 5.32 Å². The number of allylic oxidation sites excluding steroid dienone is 5. The summed E-state index contributed by atoms with van der Waals surface area (Å²) in [6.45, 7) is 4.85. The lowest BCUT2D eigenvalue weighted by atomic mass is 10.0. The second-order valence-electron chi connectivity index (χ2n) is 23.1. The summed E-state index contributed by atoms with van der Waals surface area (Å²) >= 11 is 0. The van der Waals surface area contributed by atoms with E-state index in [2.05, 4.69) is 55.6 Å². The molecule has 0 rings (SSSR count). The Balaban J connectivity index is 3.45. The predicted octanol–water partition coefficient (Wildman–Crippen LogP) is 21.5. The van der Waals surface area contributed by atoms with Crippen LogP contribution in [0.3, 0.4) is 0 Å². The van der Waals surface area contributed by atoms with Gasteiger partial charge in [-0.3, -0.25) is 9.59 Å². The molecule has 0 heterocycles. The van der Waals surface area contributed by atoms with Gasteiger partial charge in [-0.2, -0.15) is 0 Å². The van der Waals surface area contributed by atoms with Crippen LogP contribution in [0.1, 0.15) is 367 Å². The molecule has 2 atom stereocenters. The molecule has 0 aromatic heterocycles. The van der Waals surface area contributed by atoms with Gasteiger partial charge in [0.1, 0.15) is 0 Å². The van der Waals surface area contributed by atoms with Gasteiger partial charge in [0.15, 0.2) is 0 Å². The molecule has 75 heavy (non-hydrogen) atoms. The summed E-state index contributed by atoms with van der Waals surface area (Å²) in [6, 6.07) is -0.547. The second kappa shape index (κ2) is 64.6. The quantitative estimate of drug-likeness (QED) is 0.0320. The summed E-state index contributed by atoms with van der Waals surface area (Å²) in [5.74, 6) is -0.0799. The normalized spacial score (nSPS) is 12.7. The Labute approximate surface area is 468 Å². The molecule has 0 aromatic rings. The van der Waals surface area contributed by atoms with E-state index in [1.807, 2.05) is 0 Å². The number of esters is 1. The van der Waals surface area contributed by atoms with Crippen molar-refractivity contribution in [2.24, 2.45) is 0 Å². The molecule has 1 amide bonds. The number of hydrogen-bond acceptors (Lipinski definition) is 5. The van der Waals surface area contributed by atoms with Crippen LogP contribution in [0.2, 0.25) is 0 Å². The van der Waals surface area contributed by atoms with Crippen molar-refractivity contribution in [2.45, 2.75) is 379 Å². The van der Waals surface area contributed by atoms with Gasteiger partial charge in [-0.1, -0.05) is 320 Å². The second-order valence-corrected chi connectivity index (χ2v) is 23.1. The van der Waals surface area contributed by atoms with Gasteiger partial charge in [-0.15, -0.1) is 0 Å². The topological polar surface area (TPSA) is 95.9 Å². The molecule has 2 unspecified atom stereocenters. The Bertz CT molecular complexity index is 1210. The number of rotatable bonds is 63. The fraction of sp³-hybridized carbons (Fsp3) is 0.884. The van der Waals surface area contributed by atoms with Gasteiger partial charge in [-0.05, 0) is 70.6 Å². The monoisotopic (exact) mass is 1050 g/mol. The van der Waals surface area contributed by atoms with E-state index in [0.29, 0.717) is 25.9 Å². The number of nitrogens with one attached hydrogen (secondary N) is 1. The number of ether oxygens (including phenoxy) is 1. The van der Waals surface area contributed by atoms with Crippen LogP contribution >= 0.6 is 0 Å². The molecule has 0 saturated heterocycles. The Morgan fingerprint density at radius 2 is 0.667 bits per heavy atom. The highest BCUT2D eigenvalue weighted by molar-refractivity contribution is 5.76. The largest absolute Gasteiger partial charge is 0.465 e. The van der Waals surface area contributed by atoms with E-state index in [9.17, 15) is 19.8 Å². The molecular weight excluding hydrogens is 923 g/mol. The van der Waals surface area contributed by atoms with E-state index in [0.717, 1.165) is 51.4 Å². The number of carbonyl (C=O) groups is 2. The molecule has 6 heteroatoms. The Kier molecular flexibility index (Phi) is 63.0. The third kappa shape index (κ3) is 61.2. The fourth-order valence-corrected chi connectivity index (χ4v) is 10.5. The van der Waals surface area contributed by atoms with Crippen molar-refractivity contribution >= 4 is 11.9 Å². The zero-order valence-corrected chi connectivity index (χ0v) is 50.5. The van der Waals surface area contributed by atoms with Crippen molar-refractivity contribution in [3.8, 4) is 0 Å². The number of carbonyl (C=O) groups excluding carboxylic acids is 2. The average Bonchev–Trinajstić information content (AvgIpc) is 3.41. The van der Waals surface area contributed by atoms with Crippen LogP contribution in [0.4, 0.5) is 0 Å². The van der Waals surface area contributed by atoms with Gasteiger partial charge >= 0.3 is 5.97 Å². The van der Waals surface area contributed by atoms with E-state index >= 15 is 0 Å². The molecule has 0 aliphatic carbocycles. The Morgan fingerprint density at radius 3 is 1.04 bits per heavy atom. The first-order valence-electron chi connectivity index (χ1n) is 33.7. The minimum Gasteiger partial charge on any atom is -0.465 e. The van der Waals surface area contributed by atoms with Gasteiger partial charge in [-0.25, -0.2) is 0 Å². The first-order chi connectivity index (χ1) is 37.0. The number of unbranched alkanes of at least 4 members (excludes halogenated alkanes) is 46. The summed E-state index contributed by atoms with van der Waals surface area (Å²) < 4.78 is 5.41. The zero-order chi connectivity index (χ0) is 54.3. The molecule has 0 bridgehead atoms. The summed E-state index contributed by atoms with van der Waals surface area (Å²) in [7, 11) is 0. The smallest absolute Gasteiger partial charge is 0.305 e. The summed E-state index contributed by atoms with van der Waals surface area (Å²) in [6.07, 6.45) is 81.9. The van der Waals surface area contributed by atoms with Crippen molar-refractivity contribution in [3.63, 3.8) is 0 Å². The number of aliphatic hydroxyl groups is 2. The molecule has 0 spiro atoms. The van der Waals surface area contributed by atoms with E-state index in [-0.39, 0.29) is 18.5 Å². The van der Waals surface area contributed by atoms with E-state index in [4.69, 9.17) is 4.74 Å². The van der Waals surface area contributed by atoms with Crippen LogP contribution < -0.4 is 5.32 Å². The molecule has 0 aliphatic heterocycles. The third-order valence-electron chi connectivity index (χ3n) is 15.7. The lowest BCUT2D eigenvalue weighted by molar-refractivity contribution is -0.143. The standard InChI is InChI=1S/C69H131NO5/c1-3-5-7-9-11-13-15-17-18-19-20-21-22-23-25-28-31-34-38-41-45-49-53-57-61-67(72)66(65-71)70-68(73)62-58-54-50-46-42-39-35-32-29-26-24-27-30-33-36-40-44-48-52-56-60-64-75-69(74)63-59-55-51-47-43-37-16-14-12-10-8-6-4-2/h14,16,40,44,52,56,66-67,71-72H,3-13,15,17-39,41-43,45-51,53-55,57-65H2,1-2H3,(H,70,73)/b16-14-,44-40-,56-52-. The number of hydrogen-bond donors (Lipinski definition) is 3. The van der Waals surface area contributed by atoms with Crippen molar-refractivity contribution in [2.75, 3.05) is 13.2 Å². The first-order valence-corrected chi connectivity index (χ1v) is 33.7. The minimum atomic E-state index is -0.670. The van der Waals surface area contributed by atoms with Gasteiger partial charge in [0.05, 0.1) is 25.4 Å². The lowest BCUT2D eigenvalue weighted by Crippen LogP contribution is -2.45. The highest BCUT2D eigenvalue weighted by Crippen LogP contribution is 2.18. The Hall–Kier alpha value is -1.92. The third-order valence-corrected chi connectivity index (χ3v) is 15.7. The summed E-state index contributed by atoms with van der Waals surface area (Å²) in [5.41, 5.74) is 0. The maximum atomic E-state index is 12.5. The maximum absolute atomic E-state index is 12.5. The SMILES string of the molecule is CCCCCC/C=C\CCCCCCCC(=O)OCC/C=C\C/C=C\CCCCCCCCCCCCCCCCC(=O)NC(CO)C(O)CCCCCCCCCCCCCCCCCCCCCCCCCC. The molecule has 0 aliphatic rings. The van der Waals surface area contributed by atoms with Gasteiger partial charge < -0.3 is 20.3 Å². The van der Waals surface area contributed by atoms with E-state index in [1.165, 1.54) is 283 Å². The van der Waals surface area contributed by atoms with Crippen LogP contribution in [-0.2, 0) is 14.3 Å². The van der Waals surface area contributed by atoms with Crippen LogP contribution in [-0.4, -0.2) is 47.4 Å². The van der Waals surface area contributed by atoms with Crippen LogP contribution in [0.5, 0.6) is 0 Å².